The minimum atomic E-state index is -0.117. The molecule has 2 heterocycles. The van der Waals surface area contributed by atoms with Crippen molar-refractivity contribution in [1.29, 1.82) is 5.26 Å². The van der Waals surface area contributed by atoms with E-state index < -0.39 is 0 Å². The van der Waals surface area contributed by atoms with E-state index in [1.807, 2.05) is 4.90 Å². The fourth-order valence-corrected chi connectivity index (χ4v) is 4.71. The summed E-state index contributed by atoms with van der Waals surface area (Å²) in [6.07, 6.45) is 3.82. The molecule has 166 valence electrons. The molecule has 2 saturated heterocycles. The summed E-state index contributed by atoms with van der Waals surface area (Å²) in [5.41, 5.74) is 2.83. The van der Waals surface area contributed by atoms with Crippen molar-refractivity contribution in [1.82, 2.24) is 14.7 Å². The monoisotopic (exact) mass is 428 g/mol. The van der Waals surface area contributed by atoms with Gasteiger partial charge in [0.1, 0.15) is 11.6 Å². The predicted octanol–water partition coefficient (Wildman–Crippen LogP) is 4.06. The number of carbonyl (C=O) groups is 1. The molecule has 0 aromatic heterocycles. The highest BCUT2D eigenvalue weighted by Gasteiger charge is 2.27. The molecule has 4 rings (SSSR count). The zero-order valence-corrected chi connectivity index (χ0v) is 18.9. The van der Waals surface area contributed by atoms with Gasteiger partial charge in [-0.25, -0.2) is 0 Å². The standard InChI is InChI=1S/C27H32N4O/c1-22-12-14-31(15-13-22)27(32)25(20-28)21-29-16-18-30(19-17-29)26(23-8-4-2-5-9-23)24-10-6-3-7-11-24/h2-11,21-22,26H,12-19H2,1H3/b25-21-. The number of benzene rings is 2. The number of nitriles is 1. The van der Waals surface area contributed by atoms with Gasteiger partial charge in [-0.05, 0) is 29.9 Å². The summed E-state index contributed by atoms with van der Waals surface area (Å²) in [5, 5.41) is 9.64. The predicted molar refractivity (Wildman–Crippen MR) is 127 cm³/mol. The second-order valence-corrected chi connectivity index (χ2v) is 8.93. The summed E-state index contributed by atoms with van der Waals surface area (Å²) in [4.78, 5) is 19.3. The first kappa shape index (κ1) is 22.1. The van der Waals surface area contributed by atoms with E-state index in [2.05, 4.69) is 83.5 Å². The van der Waals surface area contributed by atoms with E-state index in [1.54, 1.807) is 6.20 Å². The number of carbonyl (C=O) groups excluding carboxylic acids is 1. The van der Waals surface area contributed by atoms with Crippen molar-refractivity contribution < 1.29 is 4.79 Å². The lowest BCUT2D eigenvalue weighted by Crippen LogP contribution is -2.46. The Labute approximate surface area is 191 Å². The Hall–Kier alpha value is -3.10. The van der Waals surface area contributed by atoms with Crippen LogP contribution in [0.2, 0.25) is 0 Å². The van der Waals surface area contributed by atoms with Crippen molar-refractivity contribution in [3.8, 4) is 6.07 Å². The lowest BCUT2D eigenvalue weighted by molar-refractivity contribution is -0.128. The molecular weight excluding hydrogens is 396 g/mol. The second kappa shape index (κ2) is 10.5. The van der Waals surface area contributed by atoms with Crippen LogP contribution in [0.15, 0.2) is 72.4 Å². The third-order valence-electron chi connectivity index (χ3n) is 6.68. The molecule has 0 atom stereocenters. The van der Waals surface area contributed by atoms with E-state index in [-0.39, 0.29) is 17.5 Å². The van der Waals surface area contributed by atoms with E-state index in [9.17, 15) is 10.1 Å². The van der Waals surface area contributed by atoms with Crippen molar-refractivity contribution in [3.05, 3.63) is 83.6 Å². The van der Waals surface area contributed by atoms with Gasteiger partial charge in [-0.3, -0.25) is 9.69 Å². The lowest BCUT2D eigenvalue weighted by atomic mass is 9.96. The van der Waals surface area contributed by atoms with Gasteiger partial charge in [-0.15, -0.1) is 0 Å². The van der Waals surface area contributed by atoms with Crippen LogP contribution in [-0.2, 0) is 4.79 Å². The van der Waals surface area contributed by atoms with Gasteiger partial charge in [0.15, 0.2) is 0 Å². The zero-order valence-electron chi connectivity index (χ0n) is 18.9. The fraction of sp³-hybridized carbons (Fsp3) is 0.407. The highest BCUT2D eigenvalue weighted by atomic mass is 16.2. The van der Waals surface area contributed by atoms with Crippen LogP contribution in [0.4, 0.5) is 0 Å². The van der Waals surface area contributed by atoms with Crippen molar-refractivity contribution in [2.45, 2.75) is 25.8 Å². The number of rotatable bonds is 5. The molecule has 1 amide bonds. The van der Waals surface area contributed by atoms with Gasteiger partial charge in [0.05, 0.1) is 6.04 Å². The summed E-state index contributed by atoms with van der Waals surface area (Å²) < 4.78 is 0. The number of amides is 1. The first-order valence-electron chi connectivity index (χ1n) is 11.6. The van der Waals surface area contributed by atoms with Crippen LogP contribution in [0.25, 0.3) is 0 Å². The average Bonchev–Trinajstić information content (AvgIpc) is 2.85. The highest BCUT2D eigenvalue weighted by Crippen LogP contribution is 2.29. The fourth-order valence-electron chi connectivity index (χ4n) is 4.71. The first-order chi connectivity index (χ1) is 15.7. The summed E-state index contributed by atoms with van der Waals surface area (Å²) in [6, 6.07) is 23.6. The van der Waals surface area contributed by atoms with Crippen molar-refractivity contribution in [3.63, 3.8) is 0 Å². The zero-order chi connectivity index (χ0) is 22.3. The van der Waals surface area contributed by atoms with Crippen LogP contribution in [0.3, 0.4) is 0 Å². The van der Waals surface area contributed by atoms with Gasteiger partial charge < -0.3 is 9.80 Å². The maximum absolute atomic E-state index is 12.9. The molecule has 32 heavy (non-hydrogen) atoms. The highest BCUT2D eigenvalue weighted by molar-refractivity contribution is 5.97. The van der Waals surface area contributed by atoms with E-state index in [0.29, 0.717) is 5.92 Å². The number of piperidine rings is 1. The second-order valence-electron chi connectivity index (χ2n) is 8.93. The van der Waals surface area contributed by atoms with E-state index in [4.69, 9.17) is 0 Å². The van der Waals surface area contributed by atoms with Gasteiger partial charge in [0.25, 0.3) is 5.91 Å². The molecule has 0 unspecified atom stereocenters. The molecule has 0 N–H and O–H groups in total. The van der Waals surface area contributed by atoms with Gasteiger partial charge in [-0.1, -0.05) is 67.6 Å². The molecule has 0 spiro atoms. The van der Waals surface area contributed by atoms with Gasteiger partial charge in [0, 0.05) is 45.5 Å². The Morgan fingerprint density at radius 1 is 0.906 bits per heavy atom. The maximum Gasteiger partial charge on any atom is 0.266 e. The number of likely N-dealkylation sites (tertiary alicyclic amines) is 1. The smallest absolute Gasteiger partial charge is 0.266 e. The van der Waals surface area contributed by atoms with Crippen LogP contribution in [0.1, 0.15) is 36.9 Å². The molecule has 0 aliphatic carbocycles. The van der Waals surface area contributed by atoms with Crippen molar-refractivity contribution in [2.24, 2.45) is 5.92 Å². The maximum atomic E-state index is 12.9. The number of piperazine rings is 1. The Kier molecular flexibility index (Phi) is 7.24. The normalized spacial score (nSPS) is 18.6. The van der Waals surface area contributed by atoms with Crippen LogP contribution in [0, 0.1) is 17.2 Å². The SMILES string of the molecule is CC1CCN(C(=O)/C(C#N)=C\N2CCN(C(c3ccccc3)c3ccccc3)CC2)CC1. The number of nitrogens with zero attached hydrogens (tertiary/aromatic N) is 4. The average molecular weight is 429 g/mol. The van der Waals surface area contributed by atoms with Crippen LogP contribution >= 0.6 is 0 Å². The lowest BCUT2D eigenvalue weighted by Gasteiger charge is -2.39. The molecule has 0 radical (unpaired) electrons. The largest absolute Gasteiger partial charge is 0.374 e. The van der Waals surface area contributed by atoms with Crippen molar-refractivity contribution in [2.75, 3.05) is 39.3 Å². The summed E-state index contributed by atoms with van der Waals surface area (Å²) in [7, 11) is 0. The third-order valence-corrected chi connectivity index (χ3v) is 6.68. The first-order valence-corrected chi connectivity index (χ1v) is 11.6. The molecule has 5 nitrogen and oxygen atoms in total. The van der Waals surface area contributed by atoms with E-state index >= 15 is 0 Å². The van der Waals surface area contributed by atoms with Crippen LogP contribution < -0.4 is 0 Å². The van der Waals surface area contributed by atoms with Gasteiger partial charge >= 0.3 is 0 Å². The molecule has 0 bridgehead atoms. The molecule has 5 heteroatoms. The van der Waals surface area contributed by atoms with E-state index in [0.717, 1.165) is 52.1 Å². The molecule has 2 aliphatic rings. The molecule has 2 aliphatic heterocycles. The summed E-state index contributed by atoms with van der Waals surface area (Å²) in [6.45, 7) is 7.07. The molecule has 2 aromatic rings. The van der Waals surface area contributed by atoms with Gasteiger partial charge in [-0.2, -0.15) is 5.26 Å². The third kappa shape index (κ3) is 5.20. The number of hydrogen-bond acceptors (Lipinski definition) is 4. The number of hydrogen-bond donors (Lipinski definition) is 0. The molecule has 2 fully saturated rings. The molecule has 2 aromatic carbocycles. The molecule has 0 saturated carbocycles. The minimum absolute atomic E-state index is 0.117. The Morgan fingerprint density at radius 2 is 1.44 bits per heavy atom. The quantitative estimate of drug-likeness (QED) is 0.532. The van der Waals surface area contributed by atoms with Crippen LogP contribution in [-0.4, -0.2) is 59.9 Å². The van der Waals surface area contributed by atoms with E-state index in [1.165, 1.54) is 11.1 Å². The Bertz CT molecular complexity index is 911. The topological polar surface area (TPSA) is 50.6 Å². The van der Waals surface area contributed by atoms with Crippen molar-refractivity contribution >= 4 is 5.91 Å². The Balaban J connectivity index is 1.44. The van der Waals surface area contributed by atoms with Crippen LogP contribution in [0.5, 0.6) is 0 Å². The summed E-state index contributed by atoms with van der Waals surface area (Å²) >= 11 is 0. The minimum Gasteiger partial charge on any atom is -0.374 e. The summed E-state index contributed by atoms with van der Waals surface area (Å²) in [5.74, 6) is 0.539. The molecular formula is C27H32N4O. The van der Waals surface area contributed by atoms with Gasteiger partial charge in [0.2, 0.25) is 0 Å². The Morgan fingerprint density at radius 3 is 1.94 bits per heavy atom.